The third-order valence-electron chi connectivity index (χ3n) is 5.63. The van der Waals surface area contributed by atoms with Gasteiger partial charge in [-0.1, -0.05) is 42.5 Å². The van der Waals surface area contributed by atoms with E-state index in [1.165, 1.54) is 0 Å². The second kappa shape index (κ2) is 8.22. The standard InChI is InChI=1S/C27H18N6O/c34-27(21-8-7-18-4-1-2-5-20(18)16-21)29-23-11-9-19(10-12-23)24-13-14-25-30-31-26(33(25)32-24)22-6-3-15-28-17-22/h1-17H,(H,29,34). The minimum Gasteiger partial charge on any atom is -0.322 e. The summed E-state index contributed by atoms with van der Waals surface area (Å²) in [5, 5.41) is 18.3. The second-order valence-corrected chi connectivity index (χ2v) is 7.85. The number of rotatable bonds is 4. The second-order valence-electron chi connectivity index (χ2n) is 7.85. The molecule has 0 atom stereocenters. The number of carbonyl (C=O) groups excluding carboxylic acids is 1. The molecule has 0 bridgehead atoms. The minimum atomic E-state index is -0.149. The number of anilines is 1. The third kappa shape index (κ3) is 3.65. The highest BCUT2D eigenvalue weighted by Gasteiger charge is 2.12. The number of nitrogens with zero attached hydrogens (tertiary/aromatic N) is 5. The number of amides is 1. The molecule has 7 heteroatoms. The maximum atomic E-state index is 12.8. The zero-order valence-electron chi connectivity index (χ0n) is 18.0. The molecule has 0 aliphatic rings. The van der Waals surface area contributed by atoms with Gasteiger partial charge in [-0.2, -0.15) is 9.61 Å². The Balaban J connectivity index is 1.25. The first-order valence-electron chi connectivity index (χ1n) is 10.8. The van der Waals surface area contributed by atoms with E-state index < -0.39 is 0 Å². The van der Waals surface area contributed by atoms with Crippen LogP contribution >= 0.6 is 0 Å². The van der Waals surface area contributed by atoms with Gasteiger partial charge >= 0.3 is 0 Å². The van der Waals surface area contributed by atoms with Crippen LogP contribution in [0.15, 0.2) is 103 Å². The summed E-state index contributed by atoms with van der Waals surface area (Å²) in [4.78, 5) is 16.9. The number of benzene rings is 3. The lowest BCUT2D eigenvalue weighted by molar-refractivity contribution is 0.102. The summed E-state index contributed by atoms with van der Waals surface area (Å²) in [6, 6.07) is 28.8. The summed E-state index contributed by atoms with van der Waals surface area (Å²) < 4.78 is 1.71. The predicted molar refractivity (Wildman–Crippen MR) is 131 cm³/mol. The van der Waals surface area contributed by atoms with Crippen LogP contribution < -0.4 is 5.32 Å². The maximum absolute atomic E-state index is 12.8. The molecule has 0 unspecified atom stereocenters. The Labute approximate surface area is 194 Å². The molecule has 7 nitrogen and oxygen atoms in total. The maximum Gasteiger partial charge on any atom is 0.255 e. The number of aromatic nitrogens is 5. The Morgan fingerprint density at radius 2 is 1.62 bits per heavy atom. The SMILES string of the molecule is O=C(Nc1ccc(-c2ccc3nnc(-c4cccnc4)n3n2)cc1)c1ccc2ccccc2c1. The van der Waals surface area contributed by atoms with E-state index in [1.807, 2.05) is 91.0 Å². The normalized spacial score (nSPS) is 11.1. The zero-order chi connectivity index (χ0) is 22.9. The fraction of sp³-hybridized carbons (Fsp3) is 0. The summed E-state index contributed by atoms with van der Waals surface area (Å²) in [7, 11) is 0. The van der Waals surface area contributed by atoms with Gasteiger partial charge in [0, 0.05) is 34.8 Å². The molecular weight excluding hydrogens is 424 g/mol. The van der Waals surface area contributed by atoms with Gasteiger partial charge in [-0.05, 0) is 59.3 Å². The molecule has 1 N–H and O–H groups in total. The van der Waals surface area contributed by atoms with Crippen LogP contribution in [0.4, 0.5) is 5.69 Å². The highest BCUT2D eigenvalue weighted by atomic mass is 16.1. The lowest BCUT2D eigenvalue weighted by Crippen LogP contribution is -2.11. The minimum absolute atomic E-state index is 0.149. The largest absolute Gasteiger partial charge is 0.322 e. The van der Waals surface area contributed by atoms with Crippen molar-refractivity contribution in [3.05, 3.63) is 109 Å². The molecule has 0 aliphatic heterocycles. The first kappa shape index (κ1) is 19.8. The molecule has 3 aromatic heterocycles. The Bertz CT molecular complexity index is 1640. The Morgan fingerprint density at radius 1 is 0.765 bits per heavy atom. The van der Waals surface area contributed by atoms with Gasteiger partial charge in [-0.3, -0.25) is 9.78 Å². The molecular formula is C27H18N6O. The highest BCUT2D eigenvalue weighted by molar-refractivity contribution is 6.06. The highest BCUT2D eigenvalue weighted by Crippen LogP contribution is 2.23. The van der Waals surface area contributed by atoms with Gasteiger partial charge in [-0.15, -0.1) is 10.2 Å². The average Bonchev–Trinajstić information content (AvgIpc) is 3.33. The van der Waals surface area contributed by atoms with E-state index in [1.54, 1.807) is 16.9 Å². The Morgan fingerprint density at radius 3 is 2.44 bits per heavy atom. The lowest BCUT2D eigenvalue weighted by atomic mass is 10.1. The van der Waals surface area contributed by atoms with Crippen molar-refractivity contribution in [1.82, 2.24) is 24.8 Å². The fourth-order valence-electron chi connectivity index (χ4n) is 3.88. The van der Waals surface area contributed by atoms with Crippen LogP contribution in [0.5, 0.6) is 0 Å². The summed E-state index contributed by atoms with van der Waals surface area (Å²) in [6.07, 6.45) is 3.45. The number of hydrogen-bond acceptors (Lipinski definition) is 5. The van der Waals surface area contributed by atoms with Gasteiger partial charge in [0.2, 0.25) is 0 Å². The molecule has 0 fully saturated rings. The van der Waals surface area contributed by atoms with Gasteiger partial charge < -0.3 is 5.32 Å². The van der Waals surface area contributed by atoms with Crippen LogP contribution in [-0.2, 0) is 0 Å². The van der Waals surface area contributed by atoms with Crippen LogP contribution in [0, 0.1) is 0 Å². The van der Waals surface area contributed by atoms with Gasteiger partial charge in [0.1, 0.15) is 0 Å². The van der Waals surface area contributed by atoms with Crippen molar-refractivity contribution in [3.63, 3.8) is 0 Å². The fourth-order valence-corrected chi connectivity index (χ4v) is 3.88. The van der Waals surface area contributed by atoms with Gasteiger partial charge in [0.05, 0.1) is 5.69 Å². The first-order chi connectivity index (χ1) is 16.7. The van der Waals surface area contributed by atoms with Crippen LogP contribution in [-0.4, -0.2) is 30.7 Å². The van der Waals surface area contributed by atoms with Crippen LogP contribution in [0.1, 0.15) is 10.4 Å². The van der Waals surface area contributed by atoms with Gasteiger partial charge in [0.25, 0.3) is 5.91 Å². The summed E-state index contributed by atoms with van der Waals surface area (Å²) in [5.41, 5.74) is 4.50. The summed E-state index contributed by atoms with van der Waals surface area (Å²) in [6.45, 7) is 0. The number of carbonyl (C=O) groups is 1. The average molecular weight is 442 g/mol. The topological polar surface area (TPSA) is 85.1 Å². The number of fused-ring (bicyclic) bond motifs is 2. The zero-order valence-corrected chi connectivity index (χ0v) is 18.0. The van der Waals surface area contributed by atoms with Crippen molar-refractivity contribution in [1.29, 1.82) is 0 Å². The number of pyridine rings is 1. The van der Waals surface area contributed by atoms with Crippen LogP contribution in [0.25, 0.3) is 39.1 Å². The quantitative estimate of drug-likeness (QED) is 0.403. The Kier molecular flexibility index (Phi) is 4.77. The van der Waals surface area contributed by atoms with E-state index in [4.69, 9.17) is 5.10 Å². The van der Waals surface area contributed by atoms with Crippen LogP contribution in [0.2, 0.25) is 0 Å². The number of nitrogens with one attached hydrogen (secondary N) is 1. The first-order valence-corrected chi connectivity index (χ1v) is 10.8. The van der Waals surface area contributed by atoms with Crippen molar-refractivity contribution in [2.24, 2.45) is 0 Å². The molecule has 6 aromatic rings. The molecule has 6 rings (SSSR count). The molecule has 0 spiro atoms. The van der Waals surface area contributed by atoms with Crippen molar-refractivity contribution in [3.8, 4) is 22.6 Å². The third-order valence-corrected chi connectivity index (χ3v) is 5.63. The molecule has 162 valence electrons. The molecule has 34 heavy (non-hydrogen) atoms. The molecule has 0 saturated heterocycles. The smallest absolute Gasteiger partial charge is 0.255 e. The Hall–Kier alpha value is -4.91. The lowest BCUT2D eigenvalue weighted by Gasteiger charge is -2.08. The van der Waals surface area contributed by atoms with E-state index in [-0.39, 0.29) is 5.91 Å². The van der Waals surface area contributed by atoms with Gasteiger partial charge in [-0.25, -0.2) is 0 Å². The predicted octanol–water partition coefficient (Wildman–Crippen LogP) is 5.26. The van der Waals surface area contributed by atoms with Gasteiger partial charge in [0.15, 0.2) is 11.5 Å². The number of hydrogen-bond donors (Lipinski definition) is 1. The van der Waals surface area contributed by atoms with E-state index in [0.29, 0.717) is 22.7 Å². The van der Waals surface area contributed by atoms with Crippen LogP contribution in [0.3, 0.4) is 0 Å². The summed E-state index contributed by atoms with van der Waals surface area (Å²) in [5.74, 6) is 0.480. The molecule has 0 radical (unpaired) electrons. The molecule has 3 heterocycles. The van der Waals surface area contributed by atoms with Crippen molar-refractivity contribution < 1.29 is 4.79 Å². The molecule has 0 saturated carbocycles. The van der Waals surface area contributed by atoms with E-state index >= 15 is 0 Å². The van der Waals surface area contributed by atoms with E-state index in [2.05, 4.69) is 20.5 Å². The molecule has 1 amide bonds. The molecule has 3 aromatic carbocycles. The van der Waals surface area contributed by atoms with Crippen molar-refractivity contribution in [2.75, 3.05) is 5.32 Å². The van der Waals surface area contributed by atoms with Crippen molar-refractivity contribution >= 4 is 28.0 Å². The van der Waals surface area contributed by atoms with E-state index in [0.717, 1.165) is 27.6 Å². The van der Waals surface area contributed by atoms with Crippen molar-refractivity contribution in [2.45, 2.75) is 0 Å². The molecule has 0 aliphatic carbocycles. The van der Waals surface area contributed by atoms with E-state index in [9.17, 15) is 4.79 Å². The summed E-state index contributed by atoms with van der Waals surface area (Å²) >= 11 is 0. The monoisotopic (exact) mass is 442 g/mol.